The molecule has 2 rings (SSSR count). The van der Waals surface area contributed by atoms with Crippen molar-refractivity contribution in [1.82, 2.24) is 0 Å². The van der Waals surface area contributed by atoms with Crippen molar-refractivity contribution >= 4 is 5.78 Å². The third-order valence-electron chi connectivity index (χ3n) is 4.87. The van der Waals surface area contributed by atoms with Crippen LogP contribution in [0.15, 0.2) is 11.6 Å². The lowest BCUT2D eigenvalue weighted by Gasteiger charge is -2.38. The maximum Gasteiger partial charge on any atom is 0.164 e. The molecule has 0 N–H and O–H groups in total. The Labute approximate surface area is 92.9 Å². The Hall–Kier alpha value is -0.590. The largest absolute Gasteiger partial charge is 0.294 e. The molecular weight excluding hydrogens is 184 g/mol. The molecule has 1 heteroatoms. The van der Waals surface area contributed by atoms with Crippen LogP contribution in [0.1, 0.15) is 53.4 Å². The summed E-state index contributed by atoms with van der Waals surface area (Å²) in [4.78, 5) is 12.1. The Kier molecular flexibility index (Phi) is 2.33. The quantitative estimate of drug-likeness (QED) is 0.672. The highest BCUT2D eigenvalue weighted by Gasteiger charge is 2.53. The van der Waals surface area contributed by atoms with Crippen molar-refractivity contribution in [2.24, 2.45) is 16.7 Å². The van der Waals surface area contributed by atoms with E-state index in [9.17, 15) is 4.79 Å². The molecular formula is C14H22O. The van der Waals surface area contributed by atoms with E-state index in [2.05, 4.69) is 26.8 Å². The normalized spacial score (nSPS) is 41.6. The number of ketones is 1. The highest BCUT2D eigenvalue weighted by atomic mass is 16.1. The van der Waals surface area contributed by atoms with Gasteiger partial charge < -0.3 is 0 Å². The first-order valence-electron chi connectivity index (χ1n) is 6.18. The standard InChI is InChI=1S/C14H22O/c1-5-11(3)14-7-6-13(4,9-14)12(15)10(2)8-14/h8,11H,5-7,9H2,1-4H3. The minimum atomic E-state index is -0.0394. The van der Waals surface area contributed by atoms with Crippen molar-refractivity contribution in [2.45, 2.75) is 53.4 Å². The molecule has 3 unspecified atom stereocenters. The fraction of sp³-hybridized carbons (Fsp3) is 0.786. The van der Waals surface area contributed by atoms with E-state index in [1.807, 2.05) is 6.92 Å². The molecule has 1 saturated carbocycles. The van der Waals surface area contributed by atoms with Gasteiger partial charge in [-0.3, -0.25) is 4.79 Å². The van der Waals surface area contributed by atoms with Gasteiger partial charge in [0.05, 0.1) is 0 Å². The van der Waals surface area contributed by atoms with Crippen LogP contribution in [0.25, 0.3) is 0 Å². The van der Waals surface area contributed by atoms with Gasteiger partial charge >= 0.3 is 0 Å². The van der Waals surface area contributed by atoms with Crippen LogP contribution in [0, 0.1) is 16.7 Å². The van der Waals surface area contributed by atoms with Crippen molar-refractivity contribution in [1.29, 1.82) is 0 Å². The first-order valence-corrected chi connectivity index (χ1v) is 6.18. The van der Waals surface area contributed by atoms with Crippen LogP contribution in [-0.4, -0.2) is 5.78 Å². The molecule has 84 valence electrons. The molecule has 0 radical (unpaired) electrons. The third-order valence-corrected chi connectivity index (χ3v) is 4.87. The summed E-state index contributed by atoms with van der Waals surface area (Å²) < 4.78 is 0. The Bertz CT molecular complexity index is 328. The SMILES string of the molecule is CCC(C)C12C=C(C)C(=O)C(C)(CC1)C2. The van der Waals surface area contributed by atoms with Crippen molar-refractivity contribution in [2.75, 3.05) is 0 Å². The van der Waals surface area contributed by atoms with Crippen LogP contribution in [0.5, 0.6) is 0 Å². The molecule has 0 aromatic heterocycles. The van der Waals surface area contributed by atoms with E-state index in [4.69, 9.17) is 0 Å². The number of hydrogen-bond acceptors (Lipinski definition) is 1. The second-order valence-corrected chi connectivity index (χ2v) is 5.94. The molecule has 2 aliphatic rings. The summed E-state index contributed by atoms with van der Waals surface area (Å²) in [6, 6.07) is 0. The van der Waals surface area contributed by atoms with Gasteiger partial charge in [0.2, 0.25) is 0 Å². The minimum Gasteiger partial charge on any atom is -0.294 e. The summed E-state index contributed by atoms with van der Waals surface area (Å²) in [7, 11) is 0. The molecule has 15 heavy (non-hydrogen) atoms. The third kappa shape index (κ3) is 1.39. The van der Waals surface area contributed by atoms with Crippen LogP contribution < -0.4 is 0 Å². The van der Waals surface area contributed by atoms with Crippen molar-refractivity contribution in [3.8, 4) is 0 Å². The van der Waals surface area contributed by atoms with Crippen molar-refractivity contribution in [3.63, 3.8) is 0 Å². The molecule has 0 aromatic rings. The van der Waals surface area contributed by atoms with E-state index in [1.165, 1.54) is 12.8 Å². The molecule has 0 aromatic carbocycles. The zero-order valence-electron chi connectivity index (χ0n) is 10.4. The molecule has 2 aliphatic carbocycles. The van der Waals surface area contributed by atoms with E-state index >= 15 is 0 Å². The lowest BCUT2D eigenvalue weighted by atomic mass is 9.65. The molecule has 0 saturated heterocycles. The molecule has 3 atom stereocenters. The second kappa shape index (κ2) is 3.20. The maximum absolute atomic E-state index is 12.1. The number of carbonyl (C=O) groups is 1. The average molecular weight is 206 g/mol. The van der Waals surface area contributed by atoms with Crippen molar-refractivity contribution in [3.05, 3.63) is 11.6 Å². The van der Waals surface area contributed by atoms with Gasteiger partial charge in [-0.15, -0.1) is 0 Å². The molecule has 0 aliphatic heterocycles. The van der Waals surface area contributed by atoms with E-state index in [0.717, 1.165) is 18.4 Å². The van der Waals surface area contributed by atoms with Gasteiger partial charge in [0.25, 0.3) is 0 Å². The van der Waals surface area contributed by atoms with E-state index in [-0.39, 0.29) is 5.41 Å². The number of Topliss-reactive ketones (excluding diaryl/α,β-unsaturated/α-hetero) is 1. The minimum absolute atomic E-state index is 0.0394. The van der Waals surface area contributed by atoms with Crippen molar-refractivity contribution < 1.29 is 4.79 Å². The molecule has 0 amide bonds. The molecule has 0 heterocycles. The Morgan fingerprint density at radius 2 is 2.13 bits per heavy atom. The Balaban J connectivity index is 2.42. The van der Waals surface area contributed by atoms with Crippen LogP contribution in [0.2, 0.25) is 0 Å². The van der Waals surface area contributed by atoms with E-state index in [1.54, 1.807) is 0 Å². The molecule has 1 nitrogen and oxygen atoms in total. The first-order chi connectivity index (χ1) is 6.93. The summed E-state index contributed by atoms with van der Waals surface area (Å²) in [5.41, 5.74) is 1.31. The van der Waals surface area contributed by atoms with Gasteiger partial charge in [-0.25, -0.2) is 0 Å². The lowest BCUT2D eigenvalue weighted by molar-refractivity contribution is -0.124. The highest BCUT2D eigenvalue weighted by molar-refractivity contribution is 6.00. The van der Waals surface area contributed by atoms with Gasteiger partial charge in [-0.1, -0.05) is 33.3 Å². The summed E-state index contributed by atoms with van der Waals surface area (Å²) in [5.74, 6) is 1.11. The summed E-state index contributed by atoms with van der Waals surface area (Å²) >= 11 is 0. The van der Waals surface area contributed by atoms with Gasteiger partial charge in [0, 0.05) is 5.41 Å². The predicted molar refractivity (Wildman–Crippen MR) is 62.6 cm³/mol. The number of rotatable bonds is 2. The topological polar surface area (TPSA) is 17.1 Å². The van der Waals surface area contributed by atoms with Crippen LogP contribution in [0.4, 0.5) is 0 Å². The van der Waals surface area contributed by atoms with Crippen LogP contribution >= 0.6 is 0 Å². The Morgan fingerprint density at radius 3 is 2.73 bits per heavy atom. The van der Waals surface area contributed by atoms with Gasteiger partial charge in [-0.05, 0) is 43.1 Å². The predicted octanol–water partition coefficient (Wildman–Crippen LogP) is 3.74. The van der Waals surface area contributed by atoms with E-state index in [0.29, 0.717) is 17.1 Å². The van der Waals surface area contributed by atoms with Gasteiger partial charge in [0.15, 0.2) is 5.78 Å². The smallest absolute Gasteiger partial charge is 0.164 e. The number of carbonyl (C=O) groups excluding carboxylic acids is 1. The average Bonchev–Trinajstić information content (AvgIpc) is 2.51. The maximum atomic E-state index is 12.1. The summed E-state index contributed by atoms with van der Waals surface area (Å²) in [6.07, 6.45) is 6.89. The lowest BCUT2D eigenvalue weighted by Crippen LogP contribution is -2.35. The number of fused-ring (bicyclic) bond motifs is 2. The van der Waals surface area contributed by atoms with Gasteiger partial charge in [-0.2, -0.15) is 0 Å². The fourth-order valence-electron chi connectivity index (χ4n) is 3.67. The molecule has 2 bridgehead atoms. The zero-order chi connectivity index (χ0) is 11.3. The Morgan fingerprint density at radius 1 is 1.47 bits per heavy atom. The van der Waals surface area contributed by atoms with Gasteiger partial charge in [0.1, 0.15) is 0 Å². The number of allylic oxidation sites excluding steroid dienone is 2. The molecule has 1 fully saturated rings. The second-order valence-electron chi connectivity index (χ2n) is 5.94. The fourth-order valence-corrected chi connectivity index (χ4v) is 3.67. The van der Waals surface area contributed by atoms with Crippen LogP contribution in [0.3, 0.4) is 0 Å². The highest BCUT2D eigenvalue weighted by Crippen LogP contribution is 2.59. The summed E-state index contributed by atoms with van der Waals surface area (Å²) in [6.45, 7) is 8.76. The first kappa shape index (κ1) is 10.9. The summed E-state index contributed by atoms with van der Waals surface area (Å²) in [5, 5.41) is 0. The van der Waals surface area contributed by atoms with Crippen LogP contribution in [-0.2, 0) is 4.79 Å². The van der Waals surface area contributed by atoms with E-state index < -0.39 is 0 Å². The molecule has 0 spiro atoms. The zero-order valence-corrected chi connectivity index (χ0v) is 10.4. The monoisotopic (exact) mass is 206 g/mol. The number of hydrogen-bond donors (Lipinski definition) is 0.